The lowest BCUT2D eigenvalue weighted by Gasteiger charge is -2.22. The first-order valence-corrected chi connectivity index (χ1v) is 7.87. The van der Waals surface area contributed by atoms with Gasteiger partial charge in [0.1, 0.15) is 0 Å². The Labute approximate surface area is 130 Å². The average Bonchev–Trinajstić information content (AvgIpc) is 2.67. The summed E-state index contributed by atoms with van der Waals surface area (Å²) in [6.45, 7) is 6.22. The largest absolute Gasteiger partial charge is 0.337 e. The maximum absolute atomic E-state index is 12.6. The van der Waals surface area contributed by atoms with Gasteiger partial charge in [0.05, 0.1) is 0 Å². The molecule has 1 heterocycles. The second-order valence-corrected chi connectivity index (χ2v) is 5.87. The third-order valence-electron chi connectivity index (χ3n) is 3.77. The van der Waals surface area contributed by atoms with Crippen molar-refractivity contribution in [2.45, 2.75) is 13.3 Å². The molecule has 3 nitrogen and oxygen atoms in total. The molecule has 1 aromatic rings. The zero-order chi connectivity index (χ0) is 14.5. The Balaban J connectivity index is 2.07. The first-order valence-electron chi connectivity index (χ1n) is 6.96. The van der Waals surface area contributed by atoms with Gasteiger partial charge >= 0.3 is 0 Å². The van der Waals surface area contributed by atoms with Gasteiger partial charge in [-0.2, -0.15) is 0 Å². The second kappa shape index (κ2) is 7.30. The fourth-order valence-corrected chi connectivity index (χ4v) is 2.94. The molecule has 1 amide bonds. The number of nitrogens with zero attached hydrogens (tertiary/aromatic N) is 2. The zero-order valence-electron chi connectivity index (χ0n) is 11.7. The van der Waals surface area contributed by atoms with Gasteiger partial charge in [0.2, 0.25) is 0 Å². The van der Waals surface area contributed by atoms with Gasteiger partial charge in [0, 0.05) is 42.6 Å². The van der Waals surface area contributed by atoms with Gasteiger partial charge in [0.15, 0.2) is 0 Å². The van der Waals surface area contributed by atoms with Crippen molar-refractivity contribution in [2.24, 2.45) is 0 Å². The van der Waals surface area contributed by atoms with E-state index in [-0.39, 0.29) is 5.91 Å². The van der Waals surface area contributed by atoms with Crippen LogP contribution in [0.25, 0.3) is 0 Å². The third kappa shape index (κ3) is 3.66. The van der Waals surface area contributed by atoms with Crippen molar-refractivity contribution in [2.75, 3.05) is 38.6 Å². The molecular weight excluding hydrogens is 295 g/mol. The Morgan fingerprint density at radius 1 is 1.25 bits per heavy atom. The first-order chi connectivity index (χ1) is 9.63. The fraction of sp³-hybridized carbons (Fsp3) is 0.533. The number of rotatable bonds is 3. The zero-order valence-corrected chi connectivity index (χ0v) is 13.3. The number of halogens is 2. The predicted octanol–water partition coefficient (Wildman–Crippen LogP) is 3.04. The van der Waals surface area contributed by atoms with Crippen molar-refractivity contribution in [3.63, 3.8) is 0 Å². The maximum atomic E-state index is 12.6. The molecule has 1 fully saturated rings. The Hall–Kier alpha value is -0.770. The van der Waals surface area contributed by atoms with Crippen LogP contribution >= 0.6 is 23.2 Å². The van der Waals surface area contributed by atoms with Crippen LogP contribution in [0.5, 0.6) is 0 Å². The third-order valence-corrected chi connectivity index (χ3v) is 4.35. The van der Waals surface area contributed by atoms with Gasteiger partial charge in [-0.05, 0) is 37.6 Å². The monoisotopic (exact) mass is 314 g/mol. The molecule has 0 spiro atoms. The first kappa shape index (κ1) is 15.6. The van der Waals surface area contributed by atoms with E-state index < -0.39 is 0 Å². The highest BCUT2D eigenvalue weighted by molar-refractivity contribution is 6.31. The van der Waals surface area contributed by atoms with Gasteiger partial charge in [-0.15, -0.1) is 11.6 Å². The minimum Gasteiger partial charge on any atom is -0.337 e. The fourth-order valence-electron chi connectivity index (χ4n) is 2.53. The molecule has 0 aliphatic carbocycles. The van der Waals surface area contributed by atoms with Crippen molar-refractivity contribution in [1.82, 2.24) is 9.80 Å². The van der Waals surface area contributed by atoms with Crippen LogP contribution in [0.3, 0.4) is 0 Å². The van der Waals surface area contributed by atoms with Gasteiger partial charge in [-0.1, -0.05) is 17.7 Å². The number of carbonyl (C=O) groups is 1. The molecule has 20 heavy (non-hydrogen) atoms. The molecule has 0 N–H and O–H groups in total. The minimum atomic E-state index is 0.0812. The molecule has 1 aliphatic heterocycles. The van der Waals surface area contributed by atoms with Crippen molar-refractivity contribution >= 4 is 29.1 Å². The molecular formula is C15H20Cl2N2O. The van der Waals surface area contributed by atoms with E-state index in [9.17, 15) is 4.79 Å². The van der Waals surface area contributed by atoms with Crippen LogP contribution in [0.2, 0.25) is 5.02 Å². The summed E-state index contributed by atoms with van der Waals surface area (Å²) < 4.78 is 0. The number of hydrogen-bond acceptors (Lipinski definition) is 2. The molecule has 0 radical (unpaired) electrons. The van der Waals surface area contributed by atoms with E-state index in [4.69, 9.17) is 23.2 Å². The predicted molar refractivity (Wildman–Crippen MR) is 83.9 cm³/mol. The summed E-state index contributed by atoms with van der Waals surface area (Å²) in [5.74, 6) is 0.721. The molecule has 0 aromatic heterocycles. The van der Waals surface area contributed by atoms with Crippen molar-refractivity contribution in [3.8, 4) is 0 Å². The van der Waals surface area contributed by atoms with Crippen molar-refractivity contribution in [3.05, 3.63) is 34.3 Å². The minimum absolute atomic E-state index is 0.0812. The van der Waals surface area contributed by atoms with Gasteiger partial charge in [0.25, 0.3) is 5.91 Å². The number of hydrogen-bond donors (Lipinski definition) is 0. The molecule has 0 atom stereocenters. The summed E-state index contributed by atoms with van der Waals surface area (Å²) >= 11 is 11.9. The Kier molecular flexibility index (Phi) is 5.70. The summed E-state index contributed by atoms with van der Waals surface area (Å²) in [7, 11) is 0. The van der Waals surface area contributed by atoms with Crippen LogP contribution in [-0.4, -0.2) is 54.3 Å². The smallest absolute Gasteiger partial charge is 0.254 e. The van der Waals surface area contributed by atoms with Gasteiger partial charge in [-0.25, -0.2) is 0 Å². The summed E-state index contributed by atoms with van der Waals surface area (Å²) in [6.07, 6.45) is 0.988. The van der Waals surface area contributed by atoms with Crippen LogP contribution in [0, 0.1) is 6.92 Å². The van der Waals surface area contributed by atoms with Crippen LogP contribution < -0.4 is 0 Å². The van der Waals surface area contributed by atoms with Gasteiger partial charge in [-0.3, -0.25) is 4.79 Å². The van der Waals surface area contributed by atoms with Crippen LogP contribution in [-0.2, 0) is 0 Å². The molecule has 1 aromatic carbocycles. The quantitative estimate of drug-likeness (QED) is 0.801. The SMILES string of the molecule is Cc1c(Cl)cccc1C(=O)N1CCCN(CCCl)CC1. The van der Waals surface area contributed by atoms with E-state index >= 15 is 0 Å². The molecule has 110 valence electrons. The van der Waals surface area contributed by atoms with E-state index in [1.165, 1.54) is 0 Å². The Morgan fingerprint density at radius 3 is 2.80 bits per heavy atom. The van der Waals surface area contributed by atoms with Gasteiger partial charge < -0.3 is 9.80 Å². The highest BCUT2D eigenvalue weighted by atomic mass is 35.5. The summed E-state index contributed by atoms with van der Waals surface area (Å²) in [5, 5.41) is 0.648. The van der Waals surface area contributed by atoms with Crippen molar-refractivity contribution in [1.29, 1.82) is 0 Å². The van der Waals surface area contributed by atoms with Crippen LogP contribution in [0.1, 0.15) is 22.3 Å². The summed E-state index contributed by atoms with van der Waals surface area (Å²) in [5.41, 5.74) is 1.57. The van der Waals surface area contributed by atoms with E-state index in [2.05, 4.69) is 4.90 Å². The Morgan fingerprint density at radius 2 is 2.05 bits per heavy atom. The molecule has 2 rings (SSSR count). The molecule has 1 aliphatic rings. The Bertz CT molecular complexity index is 479. The van der Waals surface area contributed by atoms with Crippen LogP contribution in [0.4, 0.5) is 0 Å². The lowest BCUT2D eigenvalue weighted by molar-refractivity contribution is 0.0761. The van der Waals surface area contributed by atoms with E-state index in [0.29, 0.717) is 16.5 Å². The molecule has 0 unspecified atom stereocenters. The lowest BCUT2D eigenvalue weighted by atomic mass is 10.1. The molecule has 0 bridgehead atoms. The van der Waals surface area contributed by atoms with Crippen molar-refractivity contribution < 1.29 is 4.79 Å². The molecule has 5 heteroatoms. The summed E-state index contributed by atoms with van der Waals surface area (Å²) in [4.78, 5) is 16.8. The average molecular weight is 315 g/mol. The standard InChI is InChI=1S/C15H20Cl2N2O/c1-12-13(4-2-5-14(12)17)15(20)19-8-3-7-18(9-6-16)10-11-19/h2,4-5H,3,6-11H2,1H3. The normalized spacial score (nSPS) is 17.1. The number of benzene rings is 1. The summed E-state index contributed by atoms with van der Waals surface area (Å²) in [6, 6.07) is 5.50. The number of alkyl halides is 1. The second-order valence-electron chi connectivity index (χ2n) is 5.09. The molecule has 0 saturated carbocycles. The number of amides is 1. The number of carbonyl (C=O) groups excluding carboxylic acids is 1. The maximum Gasteiger partial charge on any atom is 0.254 e. The highest BCUT2D eigenvalue weighted by Crippen LogP contribution is 2.20. The lowest BCUT2D eigenvalue weighted by Crippen LogP contribution is -2.36. The molecule has 1 saturated heterocycles. The van der Waals surface area contributed by atoms with Crippen LogP contribution in [0.15, 0.2) is 18.2 Å². The van der Waals surface area contributed by atoms with E-state index in [1.54, 1.807) is 0 Å². The highest BCUT2D eigenvalue weighted by Gasteiger charge is 2.21. The topological polar surface area (TPSA) is 23.6 Å². The van der Waals surface area contributed by atoms with E-state index in [0.717, 1.165) is 44.7 Å². The van der Waals surface area contributed by atoms with E-state index in [1.807, 2.05) is 30.0 Å².